The molecule has 0 saturated carbocycles. The molecule has 1 N–H and O–H groups in total. The standard InChI is InChI=1S/C15H17N5O2/c1-10-16-6-5-13(18-10)14(21)20-8-2-3-11(9-20)12-4-7-17-15(22)19-12/h4-7,11H,2-3,8-9H2,1H3,(H,17,19,22)/t11-/m1/s1. The van der Waals surface area contributed by atoms with E-state index in [1.807, 2.05) is 0 Å². The SMILES string of the molecule is Cc1nccc(C(=O)N2CCC[C@@H](c3ccnc(=O)[nH]3)C2)n1. The van der Waals surface area contributed by atoms with Crippen molar-refractivity contribution in [1.29, 1.82) is 0 Å². The summed E-state index contributed by atoms with van der Waals surface area (Å²) in [7, 11) is 0. The van der Waals surface area contributed by atoms with Gasteiger partial charge in [-0.1, -0.05) is 0 Å². The largest absolute Gasteiger partial charge is 0.345 e. The average Bonchev–Trinajstić information content (AvgIpc) is 2.54. The molecule has 0 radical (unpaired) electrons. The molecule has 1 atom stereocenters. The third kappa shape index (κ3) is 3.03. The van der Waals surface area contributed by atoms with Gasteiger partial charge in [0.25, 0.3) is 5.91 Å². The van der Waals surface area contributed by atoms with E-state index < -0.39 is 0 Å². The fourth-order valence-electron chi connectivity index (χ4n) is 2.77. The lowest BCUT2D eigenvalue weighted by molar-refractivity contribution is 0.0699. The first-order chi connectivity index (χ1) is 10.6. The number of carbonyl (C=O) groups excluding carboxylic acids is 1. The minimum absolute atomic E-state index is 0.0911. The molecule has 1 aliphatic heterocycles. The minimum atomic E-state index is -0.354. The van der Waals surface area contributed by atoms with E-state index >= 15 is 0 Å². The Morgan fingerprint density at radius 3 is 2.91 bits per heavy atom. The number of aryl methyl sites for hydroxylation is 1. The number of aromatic nitrogens is 4. The first-order valence-electron chi connectivity index (χ1n) is 7.27. The van der Waals surface area contributed by atoms with Crippen LogP contribution in [0.25, 0.3) is 0 Å². The van der Waals surface area contributed by atoms with Gasteiger partial charge in [-0.25, -0.2) is 19.7 Å². The molecule has 22 heavy (non-hydrogen) atoms. The molecular weight excluding hydrogens is 282 g/mol. The predicted octanol–water partition coefficient (Wildman–Crippen LogP) is 0.888. The molecule has 1 amide bonds. The number of piperidine rings is 1. The molecule has 0 aliphatic carbocycles. The van der Waals surface area contributed by atoms with Crippen LogP contribution in [0, 0.1) is 6.92 Å². The monoisotopic (exact) mass is 299 g/mol. The summed E-state index contributed by atoms with van der Waals surface area (Å²) in [5.74, 6) is 0.612. The molecule has 7 nitrogen and oxygen atoms in total. The van der Waals surface area contributed by atoms with Crippen molar-refractivity contribution in [3.63, 3.8) is 0 Å². The Bertz CT molecular complexity index is 742. The van der Waals surface area contributed by atoms with Crippen molar-refractivity contribution in [2.45, 2.75) is 25.7 Å². The number of hydrogen-bond acceptors (Lipinski definition) is 5. The summed E-state index contributed by atoms with van der Waals surface area (Å²) < 4.78 is 0. The second kappa shape index (κ2) is 6.05. The Labute approximate surface area is 127 Å². The summed E-state index contributed by atoms with van der Waals surface area (Å²) >= 11 is 0. The van der Waals surface area contributed by atoms with Crippen molar-refractivity contribution in [2.75, 3.05) is 13.1 Å². The number of nitrogens with one attached hydrogen (secondary N) is 1. The maximum absolute atomic E-state index is 12.5. The van der Waals surface area contributed by atoms with Gasteiger partial charge in [0.15, 0.2) is 0 Å². The molecule has 3 heterocycles. The Morgan fingerprint density at radius 2 is 2.14 bits per heavy atom. The normalized spacial score (nSPS) is 18.2. The highest BCUT2D eigenvalue weighted by atomic mass is 16.2. The van der Waals surface area contributed by atoms with E-state index in [1.165, 1.54) is 6.20 Å². The predicted molar refractivity (Wildman–Crippen MR) is 79.5 cm³/mol. The molecule has 7 heteroatoms. The molecule has 0 aromatic carbocycles. The van der Waals surface area contributed by atoms with Crippen LogP contribution in [0.1, 0.15) is 40.8 Å². The van der Waals surface area contributed by atoms with Crippen LogP contribution >= 0.6 is 0 Å². The number of hydrogen-bond donors (Lipinski definition) is 1. The Balaban J connectivity index is 1.78. The highest BCUT2D eigenvalue weighted by molar-refractivity contribution is 5.92. The first kappa shape index (κ1) is 14.4. The van der Waals surface area contributed by atoms with E-state index in [9.17, 15) is 9.59 Å². The van der Waals surface area contributed by atoms with E-state index in [-0.39, 0.29) is 17.5 Å². The van der Waals surface area contributed by atoms with Crippen LogP contribution in [0.4, 0.5) is 0 Å². The Hall–Kier alpha value is -2.57. The highest BCUT2D eigenvalue weighted by Gasteiger charge is 2.26. The van der Waals surface area contributed by atoms with Crippen LogP contribution < -0.4 is 5.69 Å². The van der Waals surface area contributed by atoms with Gasteiger partial charge in [-0.15, -0.1) is 0 Å². The molecule has 0 bridgehead atoms. The van der Waals surface area contributed by atoms with Gasteiger partial charge in [0.05, 0.1) is 0 Å². The maximum atomic E-state index is 12.5. The molecule has 0 spiro atoms. The van der Waals surface area contributed by atoms with E-state index in [1.54, 1.807) is 30.2 Å². The zero-order chi connectivity index (χ0) is 15.5. The van der Waals surface area contributed by atoms with Crippen LogP contribution in [0.2, 0.25) is 0 Å². The average molecular weight is 299 g/mol. The van der Waals surface area contributed by atoms with E-state index in [4.69, 9.17) is 0 Å². The fraction of sp³-hybridized carbons (Fsp3) is 0.400. The van der Waals surface area contributed by atoms with E-state index in [2.05, 4.69) is 19.9 Å². The number of nitrogens with zero attached hydrogens (tertiary/aromatic N) is 4. The summed E-state index contributed by atoms with van der Waals surface area (Å²) in [4.78, 5) is 40.3. The third-order valence-corrected chi connectivity index (χ3v) is 3.84. The Kier molecular flexibility index (Phi) is 3.95. The van der Waals surface area contributed by atoms with Gasteiger partial charge in [0.1, 0.15) is 11.5 Å². The van der Waals surface area contributed by atoms with Crippen molar-refractivity contribution >= 4 is 5.91 Å². The minimum Gasteiger partial charge on any atom is -0.337 e. The topological polar surface area (TPSA) is 91.8 Å². The van der Waals surface area contributed by atoms with Gasteiger partial charge >= 0.3 is 5.69 Å². The lowest BCUT2D eigenvalue weighted by Gasteiger charge is -2.32. The zero-order valence-corrected chi connectivity index (χ0v) is 12.3. The molecular formula is C15H17N5O2. The molecule has 2 aromatic rings. The third-order valence-electron chi connectivity index (χ3n) is 3.84. The van der Waals surface area contributed by atoms with Gasteiger partial charge in [-0.3, -0.25) is 4.79 Å². The fourth-order valence-corrected chi connectivity index (χ4v) is 2.77. The van der Waals surface area contributed by atoms with Crippen molar-refractivity contribution in [1.82, 2.24) is 24.8 Å². The smallest absolute Gasteiger partial charge is 0.337 e. The summed E-state index contributed by atoms with van der Waals surface area (Å²) in [5, 5.41) is 0. The lowest BCUT2D eigenvalue weighted by atomic mass is 9.94. The summed E-state index contributed by atoms with van der Waals surface area (Å²) in [6, 6.07) is 3.43. The van der Waals surface area contributed by atoms with Crippen molar-refractivity contribution in [3.05, 3.63) is 52.2 Å². The van der Waals surface area contributed by atoms with Crippen LogP contribution in [0.3, 0.4) is 0 Å². The summed E-state index contributed by atoms with van der Waals surface area (Å²) in [5.41, 5.74) is 0.889. The second-order valence-corrected chi connectivity index (χ2v) is 5.41. The molecule has 1 aliphatic rings. The van der Waals surface area contributed by atoms with Gasteiger partial charge in [0.2, 0.25) is 0 Å². The number of carbonyl (C=O) groups is 1. The van der Waals surface area contributed by atoms with Gasteiger partial charge in [-0.2, -0.15) is 0 Å². The summed E-state index contributed by atoms with van der Waals surface area (Å²) in [6.07, 6.45) is 4.93. The molecule has 114 valence electrons. The van der Waals surface area contributed by atoms with Crippen LogP contribution in [0.5, 0.6) is 0 Å². The van der Waals surface area contributed by atoms with Gasteiger partial charge < -0.3 is 9.88 Å². The molecule has 3 rings (SSSR count). The van der Waals surface area contributed by atoms with E-state index in [0.29, 0.717) is 24.6 Å². The molecule has 1 saturated heterocycles. The first-order valence-corrected chi connectivity index (χ1v) is 7.27. The van der Waals surface area contributed by atoms with Gasteiger partial charge in [0, 0.05) is 37.1 Å². The van der Waals surface area contributed by atoms with Crippen molar-refractivity contribution in [3.8, 4) is 0 Å². The van der Waals surface area contributed by atoms with Crippen molar-refractivity contribution < 1.29 is 4.79 Å². The molecule has 0 unspecified atom stereocenters. The second-order valence-electron chi connectivity index (χ2n) is 5.41. The maximum Gasteiger partial charge on any atom is 0.345 e. The number of likely N-dealkylation sites (tertiary alicyclic amines) is 1. The number of aromatic amines is 1. The lowest BCUT2D eigenvalue weighted by Crippen LogP contribution is -2.40. The van der Waals surface area contributed by atoms with E-state index in [0.717, 1.165) is 18.5 Å². The van der Waals surface area contributed by atoms with Crippen LogP contribution in [-0.2, 0) is 0 Å². The highest BCUT2D eigenvalue weighted by Crippen LogP contribution is 2.25. The number of rotatable bonds is 2. The molecule has 1 fully saturated rings. The summed E-state index contributed by atoms with van der Waals surface area (Å²) in [6.45, 7) is 3.03. The van der Waals surface area contributed by atoms with Crippen LogP contribution in [-0.4, -0.2) is 43.8 Å². The quantitative estimate of drug-likeness (QED) is 0.889. The molecule has 2 aromatic heterocycles. The van der Waals surface area contributed by atoms with Crippen molar-refractivity contribution in [2.24, 2.45) is 0 Å². The number of amides is 1. The van der Waals surface area contributed by atoms with Crippen LogP contribution in [0.15, 0.2) is 29.3 Å². The number of H-pyrrole nitrogens is 1. The Morgan fingerprint density at radius 1 is 1.32 bits per heavy atom. The zero-order valence-electron chi connectivity index (χ0n) is 12.3. The van der Waals surface area contributed by atoms with Gasteiger partial charge in [-0.05, 0) is 31.9 Å².